The van der Waals surface area contributed by atoms with Crippen molar-refractivity contribution >= 4 is 0 Å². The molecular weight excluding hydrogens is 242 g/mol. The topological polar surface area (TPSA) is 12.9 Å². The summed E-state index contributed by atoms with van der Waals surface area (Å²) in [5, 5.41) is 0. The summed E-state index contributed by atoms with van der Waals surface area (Å²) in [7, 11) is 0. The number of hydrogen-bond acceptors (Lipinski definition) is 1. The van der Waals surface area contributed by atoms with Crippen molar-refractivity contribution in [1.29, 1.82) is 0 Å². The van der Waals surface area contributed by atoms with Crippen LogP contribution < -0.4 is 0 Å². The number of hydrogen-bond donors (Lipinski definition) is 0. The standard InChI is InChI=1S/C19H17N/c1-14-3-7-16(8-4-14)18-11-19(13-20-12-18)17-9-5-15(2)6-10-17/h3-13H,1-2H3. The van der Waals surface area contributed by atoms with E-state index in [0.717, 1.165) is 11.1 Å². The van der Waals surface area contributed by atoms with E-state index in [0.29, 0.717) is 0 Å². The van der Waals surface area contributed by atoms with Gasteiger partial charge in [-0.05, 0) is 31.0 Å². The van der Waals surface area contributed by atoms with E-state index in [2.05, 4.69) is 73.4 Å². The van der Waals surface area contributed by atoms with Crippen LogP contribution in [0.4, 0.5) is 0 Å². The number of rotatable bonds is 2. The molecule has 3 aromatic rings. The summed E-state index contributed by atoms with van der Waals surface area (Å²) in [6, 6.07) is 19.3. The van der Waals surface area contributed by atoms with E-state index in [1.54, 1.807) is 0 Å². The lowest BCUT2D eigenvalue weighted by atomic mass is 10.0. The van der Waals surface area contributed by atoms with Crippen LogP contribution in [-0.2, 0) is 0 Å². The molecule has 0 aliphatic heterocycles. The van der Waals surface area contributed by atoms with Crippen molar-refractivity contribution in [3.05, 3.63) is 78.1 Å². The number of aryl methyl sites for hydroxylation is 2. The van der Waals surface area contributed by atoms with Crippen molar-refractivity contribution in [2.45, 2.75) is 13.8 Å². The Morgan fingerprint density at radius 1 is 0.550 bits per heavy atom. The molecule has 0 bridgehead atoms. The fourth-order valence-electron chi connectivity index (χ4n) is 2.25. The lowest BCUT2D eigenvalue weighted by molar-refractivity contribution is 1.32. The van der Waals surface area contributed by atoms with Gasteiger partial charge in [-0.1, -0.05) is 59.7 Å². The van der Waals surface area contributed by atoms with Gasteiger partial charge in [0.05, 0.1) is 0 Å². The molecule has 0 amide bonds. The molecule has 0 N–H and O–H groups in total. The monoisotopic (exact) mass is 259 g/mol. The van der Waals surface area contributed by atoms with E-state index in [4.69, 9.17) is 0 Å². The summed E-state index contributed by atoms with van der Waals surface area (Å²) in [5.74, 6) is 0. The highest BCUT2D eigenvalue weighted by Gasteiger charge is 2.02. The molecule has 2 aromatic carbocycles. The molecule has 20 heavy (non-hydrogen) atoms. The molecule has 0 saturated carbocycles. The second kappa shape index (κ2) is 5.30. The normalized spacial score (nSPS) is 10.5. The minimum atomic E-state index is 1.16. The Bertz CT molecular complexity index is 649. The third-order valence-electron chi connectivity index (χ3n) is 3.51. The smallest absolute Gasteiger partial charge is 0.0346 e. The number of benzene rings is 2. The fraction of sp³-hybridized carbons (Fsp3) is 0.105. The first-order valence-electron chi connectivity index (χ1n) is 6.81. The molecular formula is C19H17N. The van der Waals surface area contributed by atoms with Crippen LogP contribution in [-0.4, -0.2) is 4.98 Å². The van der Waals surface area contributed by atoms with Gasteiger partial charge in [-0.3, -0.25) is 4.98 Å². The Hall–Kier alpha value is -2.41. The van der Waals surface area contributed by atoms with E-state index < -0.39 is 0 Å². The number of pyridine rings is 1. The van der Waals surface area contributed by atoms with Crippen LogP contribution in [0.5, 0.6) is 0 Å². The highest BCUT2D eigenvalue weighted by molar-refractivity contribution is 5.71. The maximum absolute atomic E-state index is 4.38. The van der Waals surface area contributed by atoms with Gasteiger partial charge in [0.1, 0.15) is 0 Å². The first-order chi connectivity index (χ1) is 9.72. The maximum Gasteiger partial charge on any atom is 0.0346 e. The molecule has 1 heteroatoms. The van der Waals surface area contributed by atoms with Crippen LogP contribution in [0, 0.1) is 13.8 Å². The van der Waals surface area contributed by atoms with E-state index in [9.17, 15) is 0 Å². The van der Waals surface area contributed by atoms with Crippen LogP contribution in [0.2, 0.25) is 0 Å². The molecule has 0 spiro atoms. The number of nitrogens with zero attached hydrogens (tertiary/aromatic N) is 1. The molecule has 1 nitrogen and oxygen atoms in total. The zero-order valence-electron chi connectivity index (χ0n) is 11.8. The van der Waals surface area contributed by atoms with Crippen molar-refractivity contribution in [1.82, 2.24) is 4.98 Å². The van der Waals surface area contributed by atoms with Crippen molar-refractivity contribution < 1.29 is 0 Å². The van der Waals surface area contributed by atoms with E-state index in [1.165, 1.54) is 22.3 Å². The van der Waals surface area contributed by atoms with Gasteiger partial charge >= 0.3 is 0 Å². The first-order valence-corrected chi connectivity index (χ1v) is 6.81. The van der Waals surface area contributed by atoms with E-state index in [-0.39, 0.29) is 0 Å². The van der Waals surface area contributed by atoms with Gasteiger partial charge in [-0.2, -0.15) is 0 Å². The Morgan fingerprint density at radius 2 is 0.950 bits per heavy atom. The molecule has 0 saturated heterocycles. The lowest BCUT2D eigenvalue weighted by Gasteiger charge is -2.06. The average Bonchev–Trinajstić information content (AvgIpc) is 2.49. The summed E-state index contributed by atoms with van der Waals surface area (Å²) in [6.45, 7) is 4.20. The van der Waals surface area contributed by atoms with Crippen LogP contribution >= 0.6 is 0 Å². The van der Waals surface area contributed by atoms with Gasteiger partial charge in [0.2, 0.25) is 0 Å². The second-order valence-corrected chi connectivity index (χ2v) is 5.19. The van der Waals surface area contributed by atoms with E-state index in [1.807, 2.05) is 12.4 Å². The maximum atomic E-state index is 4.38. The molecule has 1 heterocycles. The molecule has 0 unspecified atom stereocenters. The minimum Gasteiger partial charge on any atom is -0.263 e. The quantitative estimate of drug-likeness (QED) is 0.628. The largest absolute Gasteiger partial charge is 0.263 e. The Labute approximate surface area is 119 Å². The summed E-state index contributed by atoms with van der Waals surface area (Å²) < 4.78 is 0. The summed E-state index contributed by atoms with van der Waals surface area (Å²) in [5.41, 5.74) is 7.27. The van der Waals surface area contributed by atoms with Gasteiger partial charge < -0.3 is 0 Å². The van der Waals surface area contributed by atoms with Crippen molar-refractivity contribution in [2.24, 2.45) is 0 Å². The fourth-order valence-corrected chi connectivity index (χ4v) is 2.25. The average molecular weight is 259 g/mol. The molecule has 0 aliphatic rings. The molecule has 1 aromatic heterocycles. The predicted molar refractivity (Wildman–Crippen MR) is 84.6 cm³/mol. The van der Waals surface area contributed by atoms with Gasteiger partial charge in [0, 0.05) is 23.5 Å². The van der Waals surface area contributed by atoms with Gasteiger partial charge in [-0.15, -0.1) is 0 Å². The molecule has 0 fully saturated rings. The molecule has 0 atom stereocenters. The van der Waals surface area contributed by atoms with Crippen molar-refractivity contribution in [3.8, 4) is 22.3 Å². The third kappa shape index (κ3) is 2.62. The number of aromatic nitrogens is 1. The lowest BCUT2D eigenvalue weighted by Crippen LogP contribution is -1.84. The van der Waals surface area contributed by atoms with Gasteiger partial charge in [0.15, 0.2) is 0 Å². The summed E-state index contributed by atoms with van der Waals surface area (Å²) in [6.07, 6.45) is 3.84. The SMILES string of the molecule is Cc1ccc(-c2cncc(-c3ccc(C)cc3)c2)cc1. The predicted octanol–water partition coefficient (Wildman–Crippen LogP) is 5.03. The summed E-state index contributed by atoms with van der Waals surface area (Å²) in [4.78, 5) is 4.38. The molecule has 98 valence electrons. The molecule has 0 radical (unpaired) electrons. The zero-order chi connectivity index (χ0) is 13.9. The van der Waals surface area contributed by atoms with Gasteiger partial charge in [-0.25, -0.2) is 0 Å². The summed E-state index contributed by atoms with van der Waals surface area (Å²) >= 11 is 0. The molecule has 0 aliphatic carbocycles. The van der Waals surface area contributed by atoms with Crippen molar-refractivity contribution in [3.63, 3.8) is 0 Å². The minimum absolute atomic E-state index is 1.16. The Kier molecular flexibility index (Phi) is 3.34. The Balaban J connectivity index is 2.01. The van der Waals surface area contributed by atoms with Crippen LogP contribution in [0.1, 0.15) is 11.1 Å². The third-order valence-corrected chi connectivity index (χ3v) is 3.51. The Morgan fingerprint density at radius 3 is 1.35 bits per heavy atom. The van der Waals surface area contributed by atoms with Crippen LogP contribution in [0.25, 0.3) is 22.3 Å². The van der Waals surface area contributed by atoms with Crippen LogP contribution in [0.15, 0.2) is 67.0 Å². The second-order valence-electron chi connectivity index (χ2n) is 5.19. The van der Waals surface area contributed by atoms with Gasteiger partial charge in [0.25, 0.3) is 0 Å². The van der Waals surface area contributed by atoms with Crippen LogP contribution in [0.3, 0.4) is 0 Å². The molecule has 3 rings (SSSR count). The highest BCUT2D eigenvalue weighted by Crippen LogP contribution is 2.25. The van der Waals surface area contributed by atoms with E-state index >= 15 is 0 Å². The highest BCUT2D eigenvalue weighted by atomic mass is 14.6. The zero-order valence-corrected chi connectivity index (χ0v) is 11.8. The first kappa shape index (κ1) is 12.6. The van der Waals surface area contributed by atoms with Crippen molar-refractivity contribution in [2.75, 3.05) is 0 Å².